The first-order valence-electron chi connectivity index (χ1n) is 8.06. The molecule has 0 fully saturated rings. The number of aromatic hydroxyl groups is 2. The molecule has 0 amide bonds. The van der Waals surface area contributed by atoms with Gasteiger partial charge >= 0.3 is 0 Å². The van der Waals surface area contributed by atoms with Gasteiger partial charge in [0.2, 0.25) is 0 Å². The third-order valence-electron chi connectivity index (χ3n) is 4.68. The molecule has 0 unspecified atom stereocenters. The Bertz CT molecular complexity index is 591. The number of phenolic OH excluding ortho intramolecular Hbond substituents is 2. The Hall–Kier alpha value is -1.96. The second-order valence-corrected chi connectivity index (χ2v) is 6.15. The smallest absolute Gasteiger partial charge is 0.118 e. The van der Waals surface area contributed by atoms with Gasteiger partial charge in [0.15, 0.2) is 0 Å². The van der Waals surface area contributed by atoms with Crippen LogP contribution in [0.5, 0.6) is 11.5 Å². The Morgan fingerprint density at radius 3 is 1.50 bits per heavy atom. The predicted octanol–water partition coefficient (Wildman–Crippen LogP) is 5.28. The molecule has 0 radical (unpaired) electrons. The minimum Gasteiger partial charge on any atom is -0.508 e. The summed E-state index contributed by atoms with van der Waals surface area (Å²) in [4.78, 5) is 0. The van der Waals surface area contributed by atoms with Crippen LogP contribution in [0.3, 0.4) is 0 Å². The maximum absolute atomic E-state index is 9.80. The minimum atomic E-state index is 0.286. The Morgan fingerprint density at radius 2 is 1.18 bits per heavy atom. The fraction of sp³-hybridized carbons (Fsp3) is 0.400. The van der Waals surface area contributed by atoms with E-state index in [0.29, 0.717) is 17.4 Å². The van der Waals surface area contributed by atoms with E-state index < -0.39 is 0 Å². The van der Waals surface area contributed by atoms with Crippen LogP contribution in [0.1, 0.15) is 54.9 Å². The van der Waals surface area contributed by atoms with Crippen molar-refractivity contribution in [1.29, 1.82) is 0 Å². The van der Waals surface area contributed by atoms with E-state index in [9.17, 15) is 10.2 Å². The van der Waals surface area contributed by atoms with Gasteiger partial charge in [0, 0.05) is 5.92 Å². The van der Waals surface area contributed by atoms with Crippen LogP contribution in [0.4, 0.5) is 0 Å². The van der Waals surface area contributed by atoms with Gasteiger partial charge in [-0.05, 0) is 54.2 Å². The molecule has 0 saturated carbocycles. The van der Waals surface area contributed by atoms with Crippen LogP contribution in [0, 0.1) is 19.8 Å². The maximum atomic E-state index is 9.80. The number of aryl methyl sites for hydroxylation is 2. The fourth-order valence-corrected chi connectivity index (χ4v) is 3.24. The summed E-state index contributed by atoms with van der Waals surface area (Å²) in [6.07, 6.45) is 2.20. The summed E-state index contributed by atoms with van der Waals surface area (Å²) in [6, 6.07) is 11.8. The van der Waals surface area contributed by atoms with E-state index in [1.54, 1.807) is 12.1 Å². The number of hydrogen-bond donors (Lipinski definition) is 2. The Kier molecular flexibility index (Phi) is 5.12. The quantitative estimate of drug-likeness (QED) is 0.788. The Morgan fingerprint density at radius 1 is 0.773 bits per heavy atom. The minimum absolute atomic E-state index is 0.286. The number of hydrogen-bond acceptors (Lipinski definition) is 2. The van der Waals surface area contributed by atoms with Crippen molar-refractivity contribution in [3.05, 3.63) is 58.7 Å². The van der Waals surface area contributed by atoms with Gasteiger partial charge in [-0.15, -0.1) is 0 Å². The normalized spacial score (nSPS) is 11.4. The number of phenols is 2. The Labute approximate surface area is 133 Å². The van der Waals surface area contributed by atoms with E-state index in [-0.39, 0.29) is 5.92 Å². The van der Waals surface area contributed by atoms with Gasteiger partial charge in [-0.2, -0.15) is 0 Å². The molecule has 2 heteroatoms. The molecule has 0 aliphatic heterocycles. The van der Waals surface area contributed by atoms with Gasteiger partial charge in [-0.3, -0.25) is 0 Å². The van der Waals surface area contributed by atoms with Gasteiger partial charge < -0.3 is 10.2 Å². The van der Waals surface area contributed by atoms with Crippen molar-refractivity contribution in [3.8, 4) is 11.5 Å². The van der Waals surface area contributed by atoms with Crippen molar-refractivity contribution in [2.24, 2.45) is 5.92 Å². The van der Waals surface area contributed by atoms with Crippen LogP contribution < -0.4 is 0 Å². The van der Waals surface area contributed by atoms with Crippen molar-refractivity contribution in [1.82, 2.24) is 0 Å². The van der Waals surface area contributed by atoms with Gasteiger partial charge in [-0.1, -0.05) is 51.0 Å². The molecule has 22 heavy (non-hydrogen) atoms. The zero-order chi connectivity index (χ0) is 16.3. The standard InChI is InChI=1S/C20H26O2/c1-5-15(6-2)20(16-7-9-18(21)13(3)11-16)17-8-10-19(22)14(4)12-17/h7-12,15,20-22H,5-6H2,1-4H3. The lowest BCUT2D eigenvalue weighted by Gasteiger charge is -2.27. The summed E-state index contributed by atoms with van der Waals surface area (Å²) in [6.45, 7) is 8.32. The Balaban J connectivity index is 2.54. The molecular formula is C20H26O2. The van der Waals surface area contributed by atoms with E-state index in [4.69, 9.17) is 0 Å². The molecule has 0 aliphatic carbocycles. The molecule has 0 aromatic heterocycles. The summed E-state index contributed by atoms with van der Waals surface area (Å²) < 4.78 is 0. The molecule has 2 N–H and O–H groups in total. The highest BCUT2D eigenvalue weighted by atomic mass is 16.3. The van der Waals surface area contributed by atoms with Crippen molar-refractivity contribution < 1.29 is 10.2 Å². The van der Waals surface area contributed by atoms with Gasteiger partial charge in [0.25, 0.3) is 0 Å². The van der Waals surface area contributed by atoms with Crippen molar-refractivity contribution >= 4 is 0 Å². The SMILES string of the molecule is CCC(CC)C(c1ccc(O)c(C)c1)c1ccc(O)c(C)c1. The molecule has 0 heterocycles. The number of rotatable bonds is 5. The topological polar surface area (TPSA) is 40.5 Å². The summed E-state index contributed by atoms with van der Waals surface area (Å²) in [5, 5.41) is 19.6. The third-order valence-corrected chi connectivity index (χ3v) is 4.68. The van der Waals surface area contributed by atoms with Crippen LogP contribution in [0.15, 0.2) is 36.4 Å². The highest BCUT2D eigenvalue weighted by Crippen LogP contribution is 2.38. The van der Waals surface area contributed by atoms with Crippen molar-refractivity contribution in [2.45, 2.75) is 46.5 Å². The molecule has 2 rings (SSSR count). The molecule has 118 valence electrons. The zero-order valence-corrected chi connectivity index (χ0v) is 13.9. The predicted molar refractivity (Wildman–Crippen MR) is 91.6 cm³/mol. The van der Waals surface area contributed by atoms with E-state index in [1.165, 1.54) is 11.1 Å². The fourth-order valence-electron chi connectivity index (χ4n) is 3.24. The second-order valence-electron chi connectivity index (χ2n) is 6.15. The van der Waals surface area contributed by atoms with Gasteiger partial charge in [0.05, 0.1) is 0 Å². The second kappa shape index (κ2) is 6.87. The largest absolute Gasteiger partial charge is 0.508 e. The van der Waals surface area contributed by atoms with Crippen molar-refractivity contribution in [3.63, 3.8) is 0 Å². The summed E-state index contributed by atoms with van der Waals surface area (Å²) >= 11 is 0. The third kappa shape index (κ3) is 3.27. The number of benzene rings is 2. The van der Waals surface area contributed by atoms with Gasteiger partial charge in [-0.25, -0.2) is 0 Å². The lowest BCUT2D eigenvalue weighted by atomic mass is 9.77. The molecule has 2 aromatic rings. The van der Waals surface area contributed by atoms with E-state index in [1.807, 2.05) is 26.0 Å². The molecule has 2 aromatic carbocycles. The molecule has 0 bridgehead atoms. The molecule has 0 aliphatic rings. The van der Waals surface area contributed by atoms with Crippen LogP contribution in [-0.2, 0) is 0 Å². The van der Waals surface area contributed by atoms with Crippen LogP contribution in [0.25, 0.3) is 0 Å². The molecular weight excluding hydrogens is 272 g/mol. The lowest BCUT2D eigenvalue weighted by Crippen LogP contribution is -2.13. The highest BCUT2D eigenvalue weighted by molar-refractivity contribution is 5.44. The van der Waals surface area contributed by atoms with Crippen LogP contribution in [-0.4, -0.2) is 10.2 Å². The molecule has 0 spiro atoms. The first-order valence-corrected chi connectivity index (χ1v) is 8.06. The average molecular weight is 298 g/mol. The first kappa shape index (κ1) is 16.4. The maximum Gasteiger partial charge on any atom is 0.118 e. The molecule has 0 atom stereocenters. The van der Waals surface area contributed by atoms with E-state index >= 15 is 0 Å². The molecule has 2 nitrogen and oxygen atoms in total. The van der Waals surface area contributed by atoms with E-state index in [0.717, 1.165) is 24.0 Å². The van der Waals surface area contributed by atoms with Crippen LogP contribution >= 0.6 is 0 Å². The van der Waals surface area contributed by atoms with Crippen LogP contribution in [0.2, 0.25) is 0 Å². The first-order chi connectivity index (χ1) is 10.5. The zero-order valence-electron chi connectivity index (χ0n) is 13.9. The highest BCUT2D eigenvalue weighted by Gasteiger charge is 2.23. The lowest BCUT2D eigenvalue weighted by molar-refractivity contribution is 0.434. The summed E-state index contributed by atoms with van der Waals surface area (Å²) in [7, 11) is 0. The summed E-state index contributed by atoms with van der Waals surface area (Å²) in [5.74, 6) is 1.50. The van der Waals surface area contributed by atoms with E-state index in [2.05, 4.69) is 26.0 Å². The molecule has 0 saturated heterocycles. The van der Waals surface area contributed by atoms with Crippen molar-refractivity contribution in [2.75, 3.05) is 0 Å². The summed E-state index contributed by atoms with van der Waals surface area (Å²) in [5.41, 5.74) is 4.27. The average Bonchev–Trinajstić information content (AvgIpc) is 2.51. The van der Waals surface area contributed by atoms with Gasteiger partial charge in [0.1, 0.15) is 11.5 Å². The monoisotopic (exact) mass is 298 g/mol.